The van der Waals surface area contributed by atoms with Crippen molar-refractivity contribution in [2.75, 3.05) is 12.1 Å². The van der Waals surface area contributed by atoms with Gasteiger partial charge in [-0.15, -0.1) is 5.10 Å². The number of hydrogen-bond acceptors (Lipinski definition) is 7. The molecule has 28 heavy (non-hydrogen) atoms. The molecule has 2 heterocycles. The van der Waals surface area contributed by atoms with E-state index in [4.69, 9.17) is 13.9 Å². The number of rotatable bonds is 6. The average Bonchev–Trinajstić information content (AvgIpc) is 3.33. The van der Waals surface area contributed by atoms with Gasteiger partial charge < -0.3 is 13.9 Å². The smallest absolute Gasteiger partial charge is 0.293 e. The number of hydrogen-bond donors (Lipinski definition) is 2. The first-order valence-electron chi connectivity index (χ1n) is 9.41. The second-order valence-corrected chi connectivity index (χ2v) is 7.36. The number of anilines is 1. The number of carbonyl (C=O) groups excluding carboxylic acids is 1. The second-order valence-electron chi connectivity index (χ2n) is 7.36. The number of aromatic nitrogens is 4. The van der Waals surface area contributed by atoms with Crippen LogP contribution in [0.3, 0.4) is 0 Å². The van der Waals surface area contributed by atoms with E-state index in [0.29, 0.717) is 23.2 Å². The molecule has 4 rings (SSSR count). The maximum absolute atomic E-state index is 12.2. The molecule has 1 amide bonds. The third-order valence-electron chi connectivity index (χ3n) is 5.17. The number of fused-ring (bicyclic) bond motifs is 1. The van der Waals surface area contributed by atoms with E-state index in [1.165, 1.54) is 12.8 Å². The molecule has 2 N–H and O–H groups in total. The quantitative estimate of drug-likeness (QED) is 0.625. The van der Waals surface area contributed by atoms with Crippen molar-refractivity contribution in [3.63, 3.8) is 0 Å². The molecular formula is C19H23N5O4. The minimum Gasteiger partial charge on any atom is -0.468 e. The first kappa shape index (κ1) is 18.4. The largest absolute Gasteiger partial charge is 0.468 e. The number of carbonyl (C=O) groups is 1. The van der Waals surface area contributed by atoms with Gasteiger partial charge in [0.05, 0.1) is 6.10 Å². The third-order valence-corrected chi connectivity index (χ3v) is 5.17. The van der Waals surface area contributed by atoms with Crippen LogP contribution in [0.5, 0.6) is 5.75 Å². The van der Waals surface area contributed by atoms with Gasteiger partial charge in [0.25, 0.3) is 11.9 Å². The molecule has 0 spiro atoms. The number of aromatic amines is 1. The van der Waals surface area contributed by atoms with Gasteiger partial charge in [0.2, 0.25) is 0 Å². The molecular weight excluding hydrogens is 362 g/mol. The highest BCUT2D eigenvalue weighted by Gasteiger charge is 2.26. The number of nitrogens with zero attached hydrogens (tertiary/aromatic N) is 3. The number of nitrogens with one attached hydrogen (secondary N) is 2. The molecule has 1 saturated carbocycles. The fraction of sp³-hybridized carbons (Fsp3) is 0.474. The van der Waals surface area contributed by atoms with Crippen LogP contribution in [0.1, 0.15) is 43.7 Å². The first-order chi connectivity index (χ1) is 13.6. The Bertz CT molecular complexity index is 939. The summed E-state index contributed by atoms with van der Waals surface area (Å²) in [5, 5.41) is 16.3. The van der Waals surface area contributed by atoms with E-state index in [9.17, 15) is 4.79 Å². The lowest BCUT2D eigenvalue weighted by molar-refractivity contribution is -0.0787. The van der Waals surface area contributed by atoms with Crippen LogP contribution in [0.25, 0.3) is 11.0 Å². The number of ether oxygens (including phenoxy) is 2. The normalized spacial score (nSPS) is 22.3. The zero-order valence-electron chi connectivity index (χ0n) is 15.8. The SMILES string of the molecule is CC1CCC(C)C(OCOc2ccc3oc(C(=O)Nc4nn[nH]n4)cc3c2)C1. The van der Waals surface area contributed by atoms with Gasteiger partial charge in [0, 0.05) is 5.39 Å². The van der Waals surface area contributed by atoms with Crippen molar-refractivity contribution in [2.24, 2.45) is 11.8 Å². The summed E-state index contributed by atoms with van der Waals surface area (Å²) in [5.41, 5.74) is 0.584. The lowest BCUT2D eigenvalue weighted by Crippen LogP contribution is -2.30. The van der Waals surface area contributed by atoms with Gasteiger partial charge in [0.15, 0.2) is 12.6 Å². The van der Waals surface area contributed by atoms with Crippen LogP contribution < -0.4 is 10.1 Å². The summed E-state index contributed by atoms with van der Waals surface area (Å²) in [6.45, 7) is 4.70. The summed E-state index contributed by atoms with van der Waals surface area (Å²) in [7, 11) is 0. The number of benzene rings is 1. The van der Waals surface area contributed by atoms with Gasteiger partial charge >= 0.3 is 0 Å². The van der Waals surface area contributed by atoms with E-state index in [2.05, 4.69) is 39.8 Å². The van der Waals surface area contributed by atoms with Crippen molar-refractivity contribution in [1.29, 1.82) is 0 Å². The maximum atomic E-state index is 12.2. The topological polar surface area (TPSA) is 115 Å². The van der Waals surface area contributed by atoms with Crippen LogP contribution >= 0.6 is 0 Å². The van der Waals surface area contributed by atoms with Crippen molar-refractivity contribution in [1.82, 2.24) is 20.6 Å². The van der Waals surface area contributed by atoms with E-state index in [1.54, 1.807) is 18.2 Å². The van der Waals surface area contributed by atoms with Crippen LogP contribution in [0.15, 0.2) is 28.7 Å². The van der Waals surface area contributed by atoms with Crippen molar-refractivity contribution in [3.05, 3.63) is 30.0 Å². The minimum absolute atomic E-state index is 0.0814. The molecule has 0 aliphatic heterocycles. The van der Waals surface area contributed by atoms with Gasteiger partial charge in [-0.05, 0) is 54.2 Å². The molecule has 3 atom stereocenters. The molecule has 0 saturated heterocycles. The Hall–Kier alpha value is -2.94. The Morgan fingerprint density at radius 3 is 3.04 bits per heavy atom. The summed E-state index contributed by atoms with van der Waals surface area (Å²) in [5.74, 6) is 1.69. The number of furan rings is 1. The molecule has 3 unspecified atom stereocenters. The summed E-state index contributed by atoms with van der Waals surface area (Å²) >= 11 is 0. The lowest BCUT2D eigenvalue weighted by Gasteiger charge is -2.32. The molecule has 9 nitrogen and oxygen atoms in total. The van der Waals surface area contributed by atoms with Gasteiger partial charge in [0.1, 0.15) is 11.3 Å². The lowest BCUT2D eigenvalue weighted by atomic mass is 9.82. The number of H-pyrrole nitrogens is 1. The maximum Gasteiger partial charge on any atom is 0.293 e. The van der Waals surface area contributed by atoms with Crippen LogP contribution in [0.4, 0.5) is 5.95 Å². The van der Waals surface area contributed by atoms with E-state index < -0.39 is 5.91 Å². The summed E-state index contributed by atoms with van der Waals surface area (Å²) < 4.78 is 17.3. The molecule has 1 fully saturated rings. The van der Waals surface area contributed by atoms with Gasteiger partial charge in [-0.1, -0.05) is 25.4 Å². The Morgan fingerprint density at radius 1 is 1.32 bits per heavy atom. The molecule has 3 aromatic rings. The predicted octanol–water partition coefficient (Wildman–Crippen LogP) is 3.38. The highest BCUT2D eigenvalue weighted by Crippen LogP contribution is 2.31. The van der Waals surface area contributed by atoms with Crippen LogP contribution in [0, 0.1) is 11.8 Å². The molecule has 1 aliphatic rings. The molecule has 1 aromatic carbocycles. The van der Waals surface area contributed by atoms with E-state index >= 15 is 0 Å². The monoisotopic (exact) mass is 385 g/mol. The number of tetrazole rings is 1. The Morgan fingerprint density at radius 2 is 2.21 bits per heavy atom. The Kier molecular flexibility index (Phi) is 5.25. The summed E-state index contributed by atoms with van der Waals surface area (Å²) in [4.78, 5) is 12.2. The molecule has 9 heteroatoms. The van der Waals surface area contributed by atoms with Crippen LogP contribution in [-0.2, 0) is 4.74 Å². The summed E-state index contributed by atoms with van der Waals surface area (Å²) in [6, 6.07) is 7.02. The highest BCUT2D eigenvalue weighted by molar-refractivity contribution is 6.03. The van der Waals surface area contributed by atoms with Gasteiger partial charge in [-0.2, -0.15) is 5.21 Å². The first-order valence-corrected chi connectivity index (χ1v) is 9.41. The Labute approximate surface area is 161 Å². The van der Waals surface area contributed by atoms with Crippen LogP contribution in [0.2, 0.25) is 0 Å². The van der Waals surface area contributed by atoms with Crippen molar-refractivity contribution >= 4 is 22.8 Å². The van der Waals surface area contributed by atoms with Crippen molar-refractivity contribution < 1.29 is 18.7 Å². The average molecular weight is 385 g/mol. The highest BCUT2D eigenvalue weighted by atomic mass is 16.7. The molecule has 0 radical (unpaired) electrons. The van der Waals surface area contributed by atoms with E-state index in [1.807, 2.05) is 6.07 Å². The summed E-state index contributed by atoms with van der Waals surface area (Å²) in [6.07, 6.45) is 3.77. The fourth-order valence-corrected chi connectivity index (χ4v) is 3.50. The van der Waals surface area contributed by atoms with Gasteiger partial charge in [-0.3, -0.25) is 10.1 Å². The zero-order chi connectivity index (χ0) is 19.5. The standard InChI is InChI=1S/C19H23N5O4/c1-11-3-4-12(2)16(7-11)27-10-26-14-5-6-15-13(8-14)9-17(28-15)18(25)20-19-21-23-24-22-19/h5-6,8-9,11-12,16H,3-4,7,10H2,1-2H3,(H2,20,21,22,23,24,25). The number of amides is 1. The molecule has 0 bridgehead atoms. The molecule has 1 aliphatic carbocycles. The van der Waals surface area contributed by atoms with Crippen LogP contribution in [-0.4, -0.2) is 39.4 Å². The molecule has 148 valence electrons. The van der Waals surface area contributed by atoms with Crippen molar-refractivity contribution in [2.45, 2.75) is 39.2 Å². The van der Waals surface area contributed by atoms with Gasteiger partial charge in [-0.25, -0.2) is 0 Å². The van der Waals surface area contributed by atoms with E-state index in [0.717, 1.165) is 11.8 Å². The zero-order valence-corrected chi connectivity index (χ0v) is 15.8. The third kappa shape index (κ3) is 4.14. The minimum atomic E-state index is -0.455. The molecule has 2 aromatic heterocycles. The Balaban J connectivity index is 1.37. The van der Waals surface area contributed by atoms with Crippen molar-refractivity contribution in [3.8, 4) is 5.75 Å². The predicted molar refractivity (Wildman–Crippen MR) is 101 cm³/mol. The second kappa shape index (κ2) is 7.97. The van der Waals surface area contributed by atoms with E-state index in [-0.39, 0.29) is 24.6 Å². The fourth-order valence-electron chi connectivity index (χ4n) is 3.50.